The van der Waals surface area contributed by atoms with Crippen LogP contribution in [0.5, 0.6) is 0 Å². The number of aromatic amines is 1. The maximum absolute atomic E-state index is 10.9. The second-order valence-corrected chi connectivity index (χ2v) is 6.53. The van der Waals surface area contributed by atoms with E-state index in [-0.39, 0.29) is 5.54 Å². The van der Waals surface area contributed by atoms with E-state index in [9.17, 15) is 4.79 Å². The Hall–Kier alpha value is -2.76. The molecule has 23 heavy (non-hydrogen) atoms. The summed E-state index contributed by atoms with van der Waals surface area (Å²) in [4.78, 5) is 20.3. The van der Waals surface area contributed by atoms with Gasteiger partial charge in [0.15, 0.2) is 6.29 Å². The second-order valence-electron chi connectivity index (χ2n) is 6.53. The molecule has 0 aliphatic rings. The molecular weight excluding hydrogens is 290 g/mol. The molecule has 3 aromatic rings. The number of aryl methyl sites for hydroxylation is 1. The maximum Gasteiger partial charge on any atom is 0.167 e. The van der Waals surface area contributed by atoms with Gasteiger partial charge in [0.05, 0.1) is 22.6 Å². The quantitative estimate of drug-likeness (QED) is 0.725. The highest BCUT2D eigenvalue weighted by Crippen LogP contribution is 2.28. The number of H-pyrrole nitrogens is 1. The van der Waals surface area contributed by atoms with Crippen LogP contribution >= 0.6 is 0 Å². The average molecular weight is 309 g/mol. The molecule has 0 unspecified atom stereocenters. The number of carbonyl (C=O) groups is 1. The first-order valence-corrected chi connectivity index (χ1v) is 7.44. The summed E-state index contributed by atoms with van der Waals surface area (Å²) in [6.45, 7) is 8.17. The first-order valence-electron chi connectivity index (χ1n) is 7.44. The lowest BCUT2D eigenvalue weighted by Gasteiger charge is -2.22. The molecule has 2 heterocycles. The van der Waals surface area contributed by atoms with E-state index in [1.54, 1.807) is 6.07 Å². The van der Waals surface area contributed by atoms with Crippen molar-refractivity contribution in [3.63, 3.8) is 0 Å². The Bertz CT molecular complexity index is 876. The third-order valence-electron chi connectivity index (χ3n) is 3.36. The molecule has 1 aromatic carbocycles. The Labute approximate surface area is 134 Å². The first-order chi connectivity index (χ1) is 10.9. The van der Waals surface area contributed by atoms with Gasteiger partial charge in [-0.05, 0) is 39.8 Å². The van der Waals surface area contributed by atoms with Crippen LogP contribution in [0.15, 0.2) is 24.3 Å². The molecule has 2 aromatic heterocycles. The van der Waals surface area contributed by atoms with Crippen molar-refractivity contribution in [3.05, 3.63) is 35.7 Å². The van der Waals surface area contributed by atoms with Gasteiger partial charge < -0.3 is 5.32 Å². The molecule has 6 nitrogen and oxygen atoms in total. The monoisotopic (exact) mass is 309 g/mol. The predicted molar refractivity (Wildman–Crippen MR) is 90.6 cm³/mol. The first kappa shape index (κ1) is 15.1. The van der Waals surface area contributed by atoms with E-state index in [1.165, 1.54) is 0 Å². The molecule has 0 bridgehead atoms. The van der Waals surface area contributed by atoms with Crippen LogP contribution in [-0.2, 0) is 0 Å². The van der Waals surface area contributed by atoms with Gasteiger partial charge in [-0.15, -0.1) is 0 Å². The van der Waals surface area contributed by atoms with Gasteiger partial charge in [0.2, 0.25) is 0 Å². The van der Waals surface area contributed by atoms with Gasteiger partial charge in [-0.25, -0.2) is 9.97 Å². The van der Waals surface area contributed by atoms with E-state index in [0.717, 1.165) is 34.4 Å². The molecular formula is C17H19N5O. The molecule has 0 fully saturated rings. The van der Waals surface area contributed by atoms with Crippen molar-refractivity contribution in [1.82, 2.24) is 20.2 Å². The highest BCUT2D eigenvalue weighted by atomic mass is 16.1. The van der Waals surface area contributed by atoms with Crippen LogP contribution in [0, 0.1) is 6.92 Å². The van der Waals surface area contributed by atoms with Gasteiger partial charge in [-0.3, -0.25) is 9.89 Å². The molecule has 118 valence electrons. The minimum atomic E-state index is -0.112. The van der Waals surface area contributed by atoms with Crippen LogP contribution in [0.25, 0.3) is 22.3 Å². The normalized spacial score (nSPS) is 11.7. The number of fused-ring (bicyclic) bond motifs is 1. The third kappa shape index (κ3) is 3.06. The average Bonchev–Trinajstić information content (AvgIpc) is 2.95. The fourth-order valence-corrected chi connectivity index (χ4v) is 2.38. The molecule has 0 spiro atoms. The number of nitrogens with one attached hydrogen (secondary N) is 2. The predicted octanol–water partition coefficient (Wildman–Crippen LogP) is 3.35. The SMILES string of the molecule is Cc1nc2cccc(-c3cc(C=O)[nH]n3)c2nc1NC(C)(C)C. The second kappa shape index (κ2) is 5.46. The molecule has 0 amide bonds. The molecule has 6 heteroatoms. The number of carbonyl (C=O) groups excluding carboxylic acids is 1. The largest absolute Gasteiger partial charge is 0.364 e. The van der Waals surface area contributed by atoms with E-state index in [0.29, 0.717) is 11.4 Å². The number of hydrogen-bond donors (Lipinski definition) is 2. The highest BCUT2D eigenvalue weighted by Gasteiger charge is 2.16. The summed E-state index contributed by atoms with van der Waals surface area (Å²) in [5, 5.41) is 10.3. The van der Waals surface area contributed by atoms with Gasteiger partial charge in [0.1, 0.15) is 11.3 Å². The molecule has 3 rings (SSSR count). The van der Waals surface area contributed by atoms with Crippen molar-refractivity contribution >= 4 is 23.1 Å². The number of anilines is 1. The number of benzene rings is 1. The summed E-state index contributed by atoms with van der Waals surface area (Å²) < 4.78 is 0. The van der Waals surface area contributed by atoms with E-state index < -0.39 is 0 Å². The van der Waals surface area contributed by atoms with Crippen LogP contribution < -0.4 is 5.32 Å². The van der Waals surface area contributed by atoms with E-state index in [1.807, 2.05) is 25.1 Å². The van der Waals surface area contributed by atoms with E-state index in [2.05, 4.69) is 41.3 Å². The zero-order valence-electron chi connectivity index (χ0n) is 13.6. The summed E-state index contributed by atoms with van der Waals surface area (Å²) in [6, 6.07) is 7.48. The smallest absolute Gasteiger partial charge is 0.167 e. The number of rotatable bonds is 3. The van der Waals surface area contributed by atoms with Gasteiger partial charge >= 0.3 is 0 Å². The number of nitrogens with zero attached hydrogens (tertiary/aromatic N) is 3. The minimum absolute atomic E-state index is 0.112. The van der Waals surface area contributed by atoms with Crippen molar-refractivity contribution in [1.29, 1.82) is 0 Å². The lowest BCUT2D eigenvalue weighted by molar-refractivity contribution is 0.111. The minimum Gasteiger partial charge on any atom is -0.364 e. The van der Waals surface area contributed by atoms with Crippen molar-refractivity contribution in [2.24, 2.45) is 0 Å². The van der Waals surface area contributed by atoms with Gasteiger partial charge in [-0.2, -0.15) is 5.10 Å². The molecule has 0 radical (unpaired) electrons. The van der Waals surface area contributed by atoms with Crippen molar-refractivity contribution < 1.29 is 4.79 Å². The number of hydrogen-bond acceptors (Lipinski definition) is 5. The zero-order chi connectivity index (χ0) is 16.6. The van der Waals surface area contributed by atoms with Crippen LogP contribution in [-0.4, -0.2) is 32.0 Å². The molecule has 0 saturated carbocycles. The summed E-state index contributed by atoms with van der Waals surface area (Å²) in [7, 11) is 0. The van der Waals surface area contributed by atoms with Crippen LogP contribution in [0.3, 0.4) is 0 Å². The molecule has 0 saturated heterocycles. The number of aromatic nitrogens is 4. The summed E-state index contributed by atoms with van der Waals surface area (Å²) in [5.74, 6) is 0.753. The van der Waals surface area contributed by atoms with E-state index in [4.69, 9.17) is 4.98 Å². The maximum atomic E-state index is 10.9. The van der Waals surface area contributed by atoms with Crippen LogP contribution in [0.4, 0.5) is 5.82 Å². The summed E-state index contributed by atoms with van der Waals surface area (Å²) in [5.41, 5.74) is 4.25. The Balaban J connectivity index is 2.19. The fraction of sp³-hybridized carbons (Fsp3) is 0.294. The van der Waals surface area contributed by atoms with Crippen molar-refractivity contribution in [3.8, 4) is 11.3 Å². The summed E-state index contributed by atoms with van der Waals surface area (Å²) in [6.07, 6.45) is 0.740. The molecule has 0 aliphatic heterocycles. The number of para-hydroxylation sites is 1. The lowest BCUT2D eigenvalue weighted by Crippen LogP contribution is -2.27. The lowest BCUT2D eigenvalue weighted by atomic mass is 10.1. The Morgan fingerprint density at radius 2 is 2.00 bits per heavy atom. The molecule has 0 atom stereocenters. The van der Waals surface area contributed by atoms with Crippen LogP contribution in [0.1, 0.15) is 37.0 Å². The molecule has 0 aliphatic carbocycles. The van der Waals surface area contributed by atoms with Crippen molar-refractivity contribution in [2.45, 2.75) is 33.2 Å². The Morgan fingerprint density at radius 1 is 1.22 bits per heavy atom. The van der Waals surface area contributed by atoms with E-state index >= 15 is 0 Å². The Morgan fingerprint density at radius 3 is 2.65 bits per heavy atom. The van der Waals surface area contributed by atoms with Gasteiger partial charge in [0.25, 0.3) is 0 Å². The highest BCUT2D eigenvalue weighted by molar-refractivity contribution is 5.92. The fourth-order valence-electron chi connectivity index (χ4n) is 2.38. The van der Waals surface area contributed by atoms with Crippen LogP contribution in [0.2, 0.25) is 0 Å². The number of aldehydes is 1. The Kier molecular flexibility index (Phi) is 3.60. The summed E-state index contributed by atoms with van der Waals surface area (Å²) >= 11 is 0. The molecule has 2 N–H and O–H groups in total. The third-order valence-corrected chi connectivity index (χ3v) is 3.36. The van der Waals surface area contributed by atoms with Gasteiger partial charge in [-0.1, -0.05) is 12.1 Å². The van der Waals surface area contributed by atoms with Gasteiger partial charge in [0, 0.05) is 11.1 Å². The standard InChI is InChI=1S/C17H19N5O/c1-10-16(20-17(2,3)4)19-15-12(6-5-7-13(15)18-10)14-8-11(9-23)21-22-14/h5-9H,1-4H3,(H,19,20)(H,21,22). The van der Waals surface area contributed by atoms with Crippen molar-refractivity contribution in [2.75, 3.05) is 5.32 Å². The topological polar surface area (TPSA) is 83.6 Å². The zero-order valence-corrected chi connectivity index (χ0v) is 13.6.